The highest BCUT2D eigenvalue weighted by molar-refractivity contribution is 6.08. The lowest BCUT2D eigenvalue weighted by molar-refractivity contribution is 0.400. The molecule has 1 saturated heterocycles. The highest BCUT2D eigenvalue weighted by Gasteiger charge is 2.59. The van der Waals surface area contributed by atoms with Gasteiger partial charge in [0.15, 0.2) is 0 Å². The molecule has 0 spiro atoms. The van der Waals surface area contributed by atoms with Gasteiger partial charge in [-0.05, 0) is 28.8 Å². The zero-order valence-corrected chi connectivity index (χ0v) is 14.6. The van der Waals surface area contributed by atoms with Crippen LogP contribution in [0.25, 0.3) is 0 Å². The average Bonchev–Trinajstić information content (AvgIpc) is 3.33. The van der Waals surface area contributed by atoms with Gasteiger partial charge in [-0.1, -0.05) is 72.8 Å². The van der Waals surface area contributed by atoms with Crippen molar-refractivity contribution < 1.29 is 4.74 Å². The Kier molecular flexibility index (Phi) is 3.61. The lowest BCUT2D eigenvalue weighted by atomic mass is 10.0. The van der Waals surface area contributed by atoms with Crippen molar-refractivity contribution in [2.75, 3.05) is 7.11 Å². The van der Waals surface area contributed by atoms with Crippen LogP contribution >= 0.6 is 0 Å². The van der Waals surface area contributed by atoms with Gasteiger partial charge < -0.3 is 4.74 Å². The minimum Gasteiger partial charge on any atom is -0.497 e. The summed E-state index contributed by atoms with van der Waals surface area (Å²) in [6, 6.07) is 30.3. The zero-order valence-electron chi connectivity index (χ0n) is 14.6. The van der Waals surface area contributed by atoms with Gasteiger partial charge >= 0.3 is 0 Å². The summed E-state index contributed by atoms with van der Waals surface area (Å²) in [7, 11) is 1.70. The molecule has 0 saturated carbocycles. The molecule has 0 N–H and O–H groups in total. The van der Waals surface area contributed by atoms with Gasteiger partial charge in [0.1, 0.15) is 11.9 Å². The molecule has 2 heterocycles. The molecule has 3 heteroatoms. The minimum absolute atomic E-state index is 0.0614. The maximum atomic E-state index is 5.30. The van der Waals surface area contributed by atoms with Gasteiger partial charge in [0, 0.05) is 0 Å². The molecule has 0 bridgehead atoms. The van der Waals surface area contributed by atoms with E-state index in [0.717, 1.165) is 5.75 Å². The summed E-state index contributed by atoms with van der Waals surface area (Å²) >= 11 is 0. The number of hydrogen-bond acceptors (Lipinski definition) is 3. The van der Waals surface area contributed by atoms with Gasteiger partial charge in [-0.15, -0.1) is 0 Å². The molecule has 26 heavy (non-hydrogen) atoms. The fourth-order valence-electron chi connectivity index (χ4n) is 4.00. The number of rotatable bonds is 4. The molecule has 5 rings (SSSR count). The number of nitrogens with zero attached hydrogens (tertiary/aromatic N) is 2. The summed E-state index contributed by atoms with van der Waals surface area (Å²) in [5.41, 5.74) is 4.98. The Morgan fingerprint density at radius 2 is 1.38 bits per heavy atom. The molecule has 0 aliphatic carbocycles. The van der Waals surface area contributed by atoms with E-state index in [1.807, 2.05) is 12.1 Å². The molecule has 0 radical (unpaired) electrons. The maximum absolute atomic E-state index is 5.30. The van der Waals surface area contributed by atoms with Crippen molar-refractivity contribution in [3.8, 4) is 5.75 Å². The van der Waals surface area contributed by atoms with Gasteiger partial charge in [-0.2, -0.15) is 0 Å². The fraction of sp³-hybridized carbons (Fsp3) is 0.174. The number of fused-ring (bicyclic) bond motifs is 1. The van der Waals surface area contributed by atoms with Crippen LogP contribution in [-0.2, 0) is 0 Å². The molecular weight excluding hydrogens is 320 g/mol. The Bertz CT molecular complexity index is 935. The number of hydrogen-bond donors (Lipinski definition) is 0. The zero-order chi connectivity index (χ0) is 17.5. The van der Waals surface area contributed by atoms with Gasteiger partial charge in [0.25, 0.3) is 0 Å². The van der Waals surface area contributed by atoms with Crippen LogP contribution in [0, 0.1) is 0 Å². The van der Waals surface area contributed by atoms with E-state index in [0.29, 0.717) is 12.1 Å². The largest absolute Gasteiger partial charge is 0.497 e. The predicted molar refractivity (Wildman–Crippen MR) is 104 cm³/mol. The van der Waals surface area contributed by atoms with E-state index in [4.69, 9.17) is 9.73 Å². The summed E-state index contributed by atoms with van der Waals surface area (Å²) in [6.45, 7) is 0. The van der Waals surface area contributed by atoms with Crippen molar-refractivity contribution >= 4 is 5.71 Å². The second-order valence-corrected chi connectivity index (χ2v) is 6.77. The van der Waals surface area contributed by atoms with Crippen LogP contribution in [0.3, 0.4) is 0 Å². The molecule has 2 aliphatic heterocycles. The van der Waals surface area contributed by atoms with Gasteiger partial charge in [0.2, 0.25) is 0 Å². The monoisotopic (exact) mass is 340 g/mol. The van der Waals surface area contributed by atoms with Crippen molar-refractivity contribution in [3.63, 3.8) is 0 Å². The van der Waals surface area contributed by atoms with E-state index in [2.05, 4.69) is 77.7 Å². The van der Waals surface area contributed by atoms with Crippen LogP contribution in [0.4, 0.5) is 0 Å². The normalized spacial score (nSPS) is 26.1. The second kappa shape index (κ2) is 6.11. The number of methoxy groups -OCH3 is 1. The average molecular weight is 340 g/mol. The van der Waals surface area contributed by atoms with Gasteiger partial charge in [-0.25, -0.2) is 0 Å². The smallest absolute Gasteiger partial charge is 0.129 e. The van der Waals surface area contributed by atoms with E-state index < -0.39 is 0 Å². The lowest BCUT2D eigenvalue weighted by Crippen LogP contribution is -2.08. The third kappa shape index (κ3) is 2.44. The summed E-state index contributed by atoms with van der Waals surface area (Å²) in [5, 5.41) is 0. The fourth-order valence-corrected chi connectivity index (χ4v) is 4.00. The Balaban J connectivity index is 1.55. The molecule has 3 aromatic carbocycles. The van der Waals surface area contributed by atoms with E-state index >= 15 is 0 Å². The van der Waals surface area contributed by atoms with E-state index in [1.54, 1.807) is 7.11 Å². The maximum Gasteiger partial charge on any atom is 0.129 e. The first-order valence-corrected chi connectivity index (χ1v) is 8.96. The predicted octanol–water partition coefficient (Wildman–Crippen LogP) is 4.62. The minimum atomic E-state index is 0.0614. The highest BCUT2D eigenvalue weighted by atomic mass is 16.5. The van der Waals surface area contributed by atoms with Crippen LogP contribution in [0.1, 0.15) is 28.9 Å². The Morgan fingerprint density at radius 1 is 0.731 bits per heavy atom. The molecule has 1 fully saturated rings. The Morgan fingerprint density at radius 3 is 2.04 bits per heavy atom. The molecule has 128 valence electrons. The van der Waals surface area contributed by atoms with Crippen molar-refractivity contribution in [1.29, 1.82) is 0 Å². The molecule has 3 aromatic rings. The quantitative estimate of drug-likeness (QED) is 0.647. The second-order valence-electron chi connectivity index (χ2n) is 6.77. The number of benzene rings is 3. The molecule has 4 atom stereocenters. The van der Waals surface area contributed by atoms with Crippen molar-refractivity contribution in [3.05, 3.63) is 102 Å². The van der Waals surface area contributed by atoms with E-state index in [1.165, 1.54) is 22.4 Å². The first-order valence-electron chi connectivity index (χ1n) is 8.96. The Hall–Kier alpha value is -2.91. The standard InChI is InChI=1S/C23H20N2O/c1-26-19-14-12-18(13-15-19)23-24-20(16-8-4-2-5-9-16)22-21(25(22)23)17-10-6-3-7-11-17/h2-15,21-23H,1H3/t21-,22+,23+,25?/m0/s1. The molecule has 0 amide bonds. The van der Waals surface area contributed by atoms with Crippen molar-refractivity contribution in [1.82, 2.24) is 4.90 Å². The summed E-state index contributed by atoms with van der Waals surface area (Å²) in [4.78, 5) is 7.59. The summed E-state index contributed by atoms with van der Waals surface area (Å²) in [5.74, 6) is 0.876. The van der Waals surface area contributed by atoms with Gasteiger partial charge in [0.05, 0.1) is 24.9 Å². The topological polar surface area (TPSA) is 24.6 Å². The number of ether oxygens (including phenoxy) is 1. The van der Waals surface area contributed by atoms with Crippen LogP contribution in [0.15, 0.2) is 89.9 Å². The number of aliphatic imine (C=N–C) groups is 1. The molecule has 3 nitrogen and oxygen atoms in total. The molecule has 2 aliphatic rings. The summed E-state index contributed by atoms with van der Waals surface area (Å²) in [6.07, 6.45) is 0.0614. The van der Waals surface area contributed by atoms with Gasteiger partial charge in [-0.3, -0.25) is 9.89 Å². The van der Waals surface area contributed by atoms with Crippen molar-refractivity contribution in [2.45, 2.75) is 18.2 Å². The lowest BCUT2D eigenvalue weighted by Gasteiger charge is -2.15. The van der Waals surface area contributed by atoms with E-state index in [-0.39, 0.29) is 6.17 Å². The molecule has 1 unspecified atom stereocenters. The van der Waals surface area contributed by atoms with Crippen LogP contribution in [-0.4, -0.2) is 23.8 Å². The van der Waals surface area contributed by atoms with Crippen molar-refractivity contribution in [2.24, 2.45) is 4.99 Å². The molecule has 0 aromatic heterocycles. The first kappa shape index (κ1) is 15.4. The van der Waals surface area contributed by atoms with Crippen LogP contribution < -0.4 is 4.74 Å². The SMILES string of the molecule is COc1ccc([C@@H]2N=C(c3ccccc3)[C@@H]3[C@H](c4ccccc4)N32)cc1. The Labute approximate surface area is 153 Å². The molecular formula is C23H20N2O. The third-order valence-corrected chi connectivity index (χ3v) is 5.30. The first-order chi connectivity index (χ1) is 12.9. The van der Waals surface area contributed by atoms with E-state index in [9.17, 15) is 0 Å². The van der Waals surface area contributed by atoms with Crippen LogP contribution in [0.5, 0.6) is 5.75 Å². The van der Waals surface area contributed by atoms with Crippen LogP contribution in [0.2, 0.25) is 0 Å². The highest BCUT2D eigenvalue weighted by Crippen LogP contribution is 2.55. The summed E-state index contributed by atoms with van der Waals surface area (Å²) < 4.78 is 5.30. The third-order valence-electron chi connectivity index (χ3n) is 5.30.